The summed E-state index contributed by atoms with van der Waals surface area (Å²) >= 11 is 1.58. The minimum atomic E-state index is 0.515. The molecule has 2 nitrogen and oxygen atoms in total. The van der Waals surface area contributed by atoms with Crippen LogP contribution in [0.1, 0.15) is 31.0 Å². The molecule has 1 heterocycles. The summed E-state index contributed by atoms with van der Waals surface area (Å²) in [6.45, 7) is 6.35. The van der Waals surface area contributed by atoms with E-state index >= 15 is 0 Å². The lowest BCUT2D eigenvalue weighted by Crippen LogP contribution is -1.98. The average Bonchev–Trinajstić information content (AvgIpc) is 2.03. The Morgan fingerprint density at radius 2 is 2.08 bits per heavy atom. The van der Waals surface area contributed by atoms with Crippen LogP contribution in [0.2, 0.25) is 0 Å². The van der Waals surface area contributed by atoms with Crippen LogP contribution in [0.4, 0.5) is 0 Å². The highest BCUT2D eigenvalue weighted by Gasteiger charge is 2.05. The quantitative estimate of drug-likeness (QED) is 0.519. The normalized spacial score (nSPS) is 10.8. The Labute approximate surface area is 77.8 Å². The van der Waals surface area contributed by atoms with Gasteiger partial charge in [-0.2, -0.15) is 0 Å². The molecule has 0 bridgehead atoms. The lowest BCUT2D eigenvalue weighted by Gasteiger charge is -2.07. The van der Waals surface area contributed by atoms with Crippen molar-refractivity contribution in [3.63, 3.8) is 0 Å². The molecule has 0 amide bonds. The van der Waals surface area contributed by atoms with Gasteiger partial charge in [0.25, 0.3) is 0 Å². The van der Waals surface area contributed by atoms with Gasteiger partial charge >= 0.3 is 0 Å². The van der Waals surface area contributed by atoms with Gasteiger partial charge in [-0.25, -0.2) is 9.97 Å². The summed E-state index contributed by atoms with van der Waals surface area (Å²) in [6, 6.07) is 0. The summed E-state index contributed by atoms with van der Waals surface area (Å²) in [5.41, 5.74) is 2.34. The summed E-state index contributed by atoms with van der Waals surface area (Å²) in [6.07, 6.45) is 3.92. The van der Waals surface area contributed by atoms with E-state index in [1.165, 1.54) is 5.56 Å². The molecule has 0 radical (unpaired) electrons. The Hall–Kier alpha value is -0.570. The van der Waals surface area contributed by atoms with Crippen LogP contribution in [0.15, 0.2) is 11.4 Å². The van der Waals surface area contributed by atoms with Crippen LogP contribution in [-0.4, -0.2) is 16.2 Å². The minimum Gasteiger partial charge on any atom is -0.231 e. The Bertz CT molecular complexity index is 271. The van der Waals surface area contributed by atoms with Crippen molar-refractivity contribution in [2.75, 3.05) is 6.26 Å². The molecule has 0 N–H and O–H groups in total. The van der Waals surface area contributed by atoms with Gasteiger partial charge in [-0.1, -0.05) is 25.6 Å². The van der Waals surface area contributed by atoms with E-state index in [4.69, 9.17) is 0 Å². The number of aromatic nitrogens is 2. The zero-order chi connectivity index (χ0) is 9.14. The minimum absolute atomic E-state index is 0.515. The van der Waals surface area contributed by atoms with Gasteiger partial charge in [0.15, 0.2) is 5.16 Å². The molecule has 66 valence electrons. The zero-order valence-electron chi connectivity index (χ0n) is 7.96. The van der Waals surface area contributed by atoms with Gasteiger partial charge < -0.3 is 0 Å². The molecular weight excluding hydrogens is 168 g/mol. The van der Waals surface area contributed by atoms with Crippen LogP contribution in [-0.2, 0) is 0 Å². The molecule has 0 aliphatic rings. The van der Waals surface area contributed by atoms with E-state index < -0.39 is 0 Å². The number of thioether (sulfide) groups is 1. The molecule has 0 saturated heterocycles. The Balaban J connectivity index is 3.03. The molecule has 0 fully saturated rings. The van der Waals surface area contributed by atoms with Crippen molar-refractivity contribution in [1.82, 2.24) is 9.97 Å². The lowest BCUT2D eigenvalue weighted by atomic mass is 10.0. The Morgan fingerprint density at radius 1 is 1.42 bits per heavy atom. The molecule has 3 heteroatoms. The molecule has 1 aromatic heterocycles. The molecule has 12 heavy (non-hydrogen) atoms. The average molecular weight is 182 g/mol. The fourth-order valence-corrected chi connectivity index (χ4v) is 1.51. The second-order valence-electron chi connectivity index (χ2n) is 3.05. The molecule has 1 aromatic rings. The van der Waals surface area contributed by atoms with Gasteiger partial charge in [0.05, 0.1) is 0 Å². The first-order valence-electron chi connectivity index (χ1n) is 4.02. The van der Waals surface area contributed by atoms with Gasteiger partial charge in [-0.15, -0.1) is 0 Å². The molecular formula is C9H14N2S. The molecule has 0 aliphatic carbocycles. The molecule has 0 atom stereocenters. The van der Waals surface area contributed by atoms with Crippen LogP contribution in [0, 0.1) is 6.92 Å². The Kier molecular flexibility index (Phi) is 3.09. The molecule has 0 saturated carbocycles. The van der Waals surface area contributed by atoms with Crippen LogP contribution < -0.4 is 0 Å². The first kappa shape index (κ1) is 9.52. The first-order chi connectivity index (χ1) is 5.65. The summed E-state index contributed by atoms with van der Waals surface area (Å²) in [4.78, 5) is 8.60. The van der Waals surface area contributed by atoms with E-state index in [1.54, 1.807) is 11.8 Å². The van der Waals surface area contributed by atoms with Gasteiger partial charge in [0.1, 0.15) is 0 Å². The molecule has 1 rings (SSSR count). The van der Waals surface area contributed by atoms with Crippen molar-refractivity contribution in [3.05, 3.63) is 17.5 Å². The number of rotatable bonds is 2. The number of aryl methyl sites for hydroxylation is 1. The molecule has 0 spiro atoms. The lowest BCUT2D eigenvalue weighted by molar-refractivity contribution is 0.799. The van der Waals surface area contributed by atoms with Crippen molar-refractivity contribution < 1.29 is 0 Å². The van der Waals surface area contributed by atoms with E-state index in [9.17, 15) is 0 Å². The topological polar surface area (TPSA) is 25.8 Å². The third kappa shape index (κ3) is 1.97. The summed E-state index contributed by atoms with van der Waals surface area (Å²) < 4.78 is 0. The van der Waals surface area contributed by atoms with E-state index in [0.717, 1.165) is 10.9 Å². The highest BCUT2D eigenvalue weighted by Crippen LogP contribution is 2.18. The third-order valence-electron chi connectivity index (χ3n) is 1.80. The van der Waals surface area contributed by atoms with Crippen LogP contribution in [0.25, 0.3) is 0 Å². The highest BCUT2D eigenvalue weighted by atomic mass is 32.2. The number of hydrogen-bond donors (Lipinski definition) is 0. The predicted octanol–water partition coefficient (Wildman–Crippen LogP) is 2.63. The fourth-order valence-electron chi connectivity index (χ4n) is 1.12. The zero-order valence-corrected chi connectivity index (χ0v) is 8.77. The van der Waals surface area contributed by atoms with Crippen LogP contribution >= 0.6 is 11.8 Å². The number of hydrogen-bond acceptors (Lipinski definition) is 3. The molecule has 0 aliphatic heterocycles. The third-order valence-corrected chi connectivity index (χ3v) is 2.36. The summed E-state index contributed by atoms with van der Waals surface area (Å²) in [5, 5.41) is 0.858. The Morgan fingerprint density at radius 3 is 2.50 bits per heavy atom. The predicted molar refractivity (Wildman–Crippen MR) is 52.6 cm³/mol. The smallest absolute Gasteiger partial charge is 0.187 e. The maximum atomic E-state index is 4.36. The molecule has 0 aromatic carbocycles. The van der Waals surface area contributed by atoms with Crippen LogP contribution in [0.5, 0.6) is 0 Å². The van der Waals surface area contributed by atoms with E-state index in [1.807, 2.05) is 19.4 Å². The van der Waals surface area contributed by atoms with Crippen LogP contribution in [0.3, 0.4) is 0 Å². The maximum absolute atomic E-state index is 4.36. The van der Waals surface area contributed by atoms with E-state index in [-0.39, 0.29) is 0 Å². The summed E-state index contributed by atoms with van der Waals surface area (Å²) in [7, 11) is 0. The monoisotopic (exact) mass is 182 g/mol. The number of nitrogens with zero attached hydrogens (tertiary/aromatic N) is 2. The second-order valence-corrected chi connectivity index (χ2v) is 3.83. The van der Waals surface area contributed by atoms with E-state index in [0.29, 0.717) is 5.92 Å². The SMILES string of the molecule is CSc1ncc(C(C)C)c(C)n1. The van der Waals surface area contributed by atoms with Gasteiger partial charge in [-0.3, -0.25) is 0 Å². The van der Waals surface area contributed by atoms with Crippen molar-refractivity contribution in [3.8, 4) is 0 Å². The highest BCUT2D eigenvalue weighted by molar-refractivity contribution is 7.98. The fraction of sp³-hybridized carbons (Fsp3) is 0.556. The summed E-state index contributed by atoms with van der Waals surface area (Å²) in [5.74, 6) is 0.515. The molecule has 0 unspecified atom stereocenters. The van der Waals surface area contributed by atoms with Gasteiger partial charge in [-0.05, 0) is 24.7 Å². The van der Waals surface area contributed by atoms with Crippen molar-refractivity contribution in [2.24, 2.45) is 0 Å². The van der Waals surface area contributed by atoms with Crippen molar-refractivity contribution >= 4 is 11.8 Å². The van der Waals surface area contributed by atoms with E-state index in [2.05, 4.69) is 23.8 Å². The van der Waals surface area contributed by atoms with Gasteiger partial charge in [0, 0.05) is 11.9 Å². The van der Waals surface area contributed by atoms with Crippen molar-refractivity contribution in [2.45, 2.75) is 31.8 Å². The second kappa shape index (κ2) is 3.90. The first-order valence-corrected chi connectivity index (χ1v) is 5.25. The maximum Gasteiger partial charge on any atom is 0.187 e. The largest absolute Gasteiger partial charge is 0.231 e. The van der Waals surface area contributed by atoms with Crippen molar-refractivity contribution in [1.29, 1.82) is 0 Å². The standard InChI is InChI=1S/C9H14N2S/c1-6(2)8-5-10-9(12-4)11-7(8)3/h5-6H,1-4H3. The van der Waals surface area contributed by atoms with Gasteiger partial charge in [0.2, 0.25) is 0 Å².